The first-order chi connectivity index (χ1) is 12.1. The molecule has 1 aliphatic heterocycles. The topological polar surface area (TPSA) is 56.2 Å². The molecule has 4 rings (SSSR count). The SMILES string of the molecule is O=C(Cn1ncc2c1-c1ccccc1OC2)Nc1ccc(F)cc1Cl. The number of aromatic nitrogens is 2. The lowest BCUT2D eigenvalue weighted by Gasteiger charge is -2.19. The summed E-state index contributed by atoms with van der Waals surface area (Å²) in [5, 5.41) is 7.12. The Labute approximate surface area is 148 Å². The molecule has 0 fully saturated rings. The predicted molar refractivity (Wildman–Crippen MR) is 92.0 cm³/mol. The van der Waals surface area contributed by atoms with Gasteiger partial charge in [0.1, 0.15) is 24.7 Å². The van der Waals surface area contributed by atoms with E-state index in [1.165, 1.54) is 12.1 Å². The molecule has 1 aliphatic rings. The van der Waals surface area contributed by atoms with Gasteiger partial charge in [0.25, 0.3) is 0 Å². The number of nitrogens with zero attached hydrogens (tertiary/aromatic N) is 2. The molecular formula is C18H13ClFN3O2. The maximum Gasteiger partial charge on any atom is 0.246 e. The molecule has 0 saturated carbocycles. The number of hydrogen-bond acceptors (Lipinski definition) is 3. The van der Waals surface area contributed by atoms with Gasteiger partial charge in [-0.15, -0.1) is 0 Å². The van der Waals surface area contributed by atoms with Crippen molar-refractivity contribution in [2.24, 2.45) is 0 Å². The smallest absolute Gasteiger partial charge is 0.246 e. The van der Waals surface area contributed by atoms with Gasteiger partial charge in [-0.2, -0.15) is 5.10 Å². The first kappa shape index (κ1) is 15.7. The normalized spacial score (nSPS) is 12.1. The number of carbonyl (C=O) groups is 1. The van der Waals surface area contributed by atoms with Crippen molar-refractivity contribution < 1.29 is 13.9 Å². The van der Waals surface area contributed by atoms with E-state index in [0.29, 0.717) is 12.3 Å². The van der Waals surface area contributed by atoms with Gasteiger partial charge in [0, 0.05) is 11.1 Å². The predicted octanol–water partition coefficient (Wildman–Crippen LogP) is 3.87. The lowest BCUT2D eigenvalue weighted by atomic mass is 10.0. The fourth-order valence-corrected chi connectivity index (χ4v) is 3.04. The first-order valence-corrected chi connectivity index (χ1v) is 8.01. The van der Waals surface area contributed by atoms with Crippen LogP contribution in [0.25, 0.3) is 11.3 Å². The lowest BCUT2D eigenvalue weighted by molar-refractivity contribution is -0.116. The van der Waals surface area contributed by atoms with E-state index in [1.54, 1.807) is 10.9 Å². The van der Waals surface area contributed by atoms with E-state index in [0.717, 1.165) is 28.6 Å². The molecule has 25 heavy (non-hydrogen) atoms. The maximum absolute atomic E-state index is 13.1. The summed E-state index contributed by atoms with van der Waals surface area (Å²) >= 11 is 5.94. The molecule has 0 saturated heterocycles. The number of hydrogen-bond donors (Lipinski definition) is 1. The van der Waals surface area contributed by atoms with Crippen molar-refractivity contribution in [3.8, 4) is 17.0 Å². The van der Waals surface area contributed by atoms with Crippen LogP contribution in [-0.4, -0.2) is 15.7 Å². The average Bonchev–Trinajstić information content (AvgIpc) is 3.01. The second-order valence-corrected chi connectivity index (χ2v) is 6.04. The zero-order valence-electron chi connectivity index (χ0n) is 13.0. The molecule has 5 nitrogen and oxygen atoms in total. The molecule has 1 aromatic heterocycles. The van der Waals surface area contributed by atoms with Crippen LogP contribution in [0, 0.1) is 5.82 Å². The summed E-state index contributed by atoms with van der Waals surface area (Å²) in [6.45, 7) is 0.426. The second-order valence-electron chi connectivity index (χ2n) is 5.63. The fourth-order valence-electron chi connectivity index (χ4n) is 2.82. The summed E-state index contributed by atoms with van der Waals surface area (Å²) < 4.78 is 20.4. The number of fused-ring (bicyclic) bond motifs is 3. The molecule has 0 atom stereocenters. The molecule has 7 heteroatoms. The highest BCUT2D eigenvalue weighted by Gasteiger charge is 2.22. The number of rotatable bonds is 3. The van der Waals surface area contributed by atoms with Crippen LogP contribution in [0.1, 0.15) is 5.56 Å². The summed E-state index contributed by atoms with van der Waals surface area (Å²) in [7, 11) is 0. The first-order valence-electron chi connectivity index (χ1n) is 7.63. The molecule has 0 spiro atoms. The van der Waals surface area contributed by atoms with E-state index in [9.17, 15) is 9.18 Å². The van der Waals surface area contributed by atoms with Crippen LogP contribution in [0.2, 0.25) is 5.02 Å². The Hall–Kier alpha value is -2.86. The van der Waals surface area contributed by atoms with E-state index < -0.39 is 5.82 Å². The van der Waals surface area contributed by atoms with Crippen LogP contribution in [0.5, 0.6) is 5.75 Å². The molecule has 1 N–H and O–H groups in total. The Bertz CT molecular complexity index is 971. The Morgan fingerprint density at radius 2 is 2.16 bits per heavy atom. The van der Waals surface area contributed by atoms with Crippen molar-refractivity contribution in [3.63, 3.8) is 0 Å². The minimum absolute atomic E-state index is 0.0113. The highest BCUT2D eigenvalue weighted by molar-refractivity contribution is 6.33. The van der Waals surface area contributed by atoms with Gasteiger partial charge in [-0.25, -0.2) is 4.39 Å². The molecule has 2 heterocycles. The van der Waals surface area contributed by atoms with E-state index in [1.807, 2.05) is 24.3 Å². The Kier molecular flexibility index (Phi) is 3.89. The van der Waals surface area contributed by atoms with E-state index in [2.05, 4.69) is 10.4 Å². The number of para-hydroxylation sites is 1. The lowest BCUT2D eigenvalue weighted by Crippen LogP contribution is -2.21. The van der Waals surface area contributed by atoms with Crippen molar-refractivity contribution >= 4 is 23.2 Å². The molecule has 0 bridgehead atoms. The third kappa shape index (κ3) is 2.96. The summed E-state index contributed by atoms with van der Waals surface area (Å²) in [5.74, 6) is 0.00266. The monoisotopic (exact) mass is 357 g/mol. The van der Waals surface area contributed by atoms with Gasteiger partial charge in [-0.3, -0.25) is 9.48 Å². The quantitative estimate of drug-likeness (QED) is 0.774. The van der Waals surface area contributed by atoms with Gasteiger partial charge in [0.2, 0.25) is 5.91 Å². The molecule has 2 aromatic carbocycles. The number of nitrogens with one attached hydrogen (secondary N) is 1. The molecule has 126 valence electrons. The minimum Gasteiger partial charge on any atom is -0.488 e. The van der Waals surface area contributed by atoms with Gasteiger partial charge in [0.05, 0.1) is 22.6 Å². The van der Waals surface area contributed by atoms with E-state index >= 15 is 0 Å². The van der Waals surface area contributed by atoms with Crippen LogP contribution in [-0.2, 0) is 17.9 Å². The zero-order chi connectivity index (χ0) is 17.4. The number of carbonyl (C=O) groups excluding carboxylic acids is 1. The van der Waals surface area contributed by atoms with Crippen molar-refractivity contribution in [2.45, 2.75) is 13.2 Å². The highest BCUT2D eigenvalue weighted by atomic mass is 35.5. The minimum atomic E-state index is -0.458. The summed E-state index contributed by atoms with van der Waals surface area (Å²) in [4.78, 5) is 12.4. The molecule has 1 amide bonds. The number of anilines is 1. The van der Waals surface area contributed by atoms with Crippen molar-refractivity contribution in [1.82, 2.24) is 9.78 Å². The molecule has 3 aromatic rings. The van der Waals surface area contributed by atoms with Crippen molar-refractivity contribution in [3.05, 3.63) is 65.1 Å². The summed E-state index contributed by atoms with van der Waals surface area (Å²) in [6, 6.07) is 11.4. The fraction of sp³-hybridized carbons (Fsp3) is 0.111. The Morgan fingerprint density at radius 1 is 1.32 bits per heavy atom. The second kappa shape index (κ2) is 6.22. The standard InChI is InChI=1S/C18H13ClFN3O2/c19-14-7-12(20)5-6-15(14)22-17(24)9-23-18-11(8-21-23)10-25-16-4-2-1-3-13(16)18/h1-8H,9-10H2,(H,22,24). The largest absolute Gasteiger partial charge is 0.488 e. The third-order valence-corrected chi connectivity index (χ3v) is 4.25. The summed E-state index contributed by atoms with van der Waals surface area (Å²) in [6.07, 6.45) is 1.70. The van der Waals surface area contributed by atoms with Crippen molar-refractivity contribution in [1.29, 1.82) is 0 Å². The van der Waals surface area contributed by atoms with Crippen LogP contribution in [0.4, 0.5) is 10.1 Å². The van der Waals surface area contributed by atoms with Crippen LogP contribution < -0.4 is 10.1 Å². The molecule has 0 aliphatic carbocycles. The molecule has 0 radical (unpaired) electrons. The third-order valence-electron chi connectivity index (χ3n) is 3.94. The van der Waals surface area contributed by atoms with Crippen LogP contribution in [0.15, 0.2) is 48.7 Å². The van der Waals surface area contributed by atoms with Gasteiger partial charge in [-0.1, -0.05) is 23.7 Å². The number of halogens is 2. The average molecular weight is 358 g/mol. The van der Waals surface area contributed by atoms with Gasteiger partial charge < -0.3 is 10.1 Å². The van der Waals surface area contributed by atoms with Crippen LogP contribution in [0.3, 0.4) is 0 Å². The molecular weight excluding hydrogens is 345 g/mol. The van der Waals surface area contributed by atoms with Gasteiger partial charge in [-0.05, 0) is 30.3 Å². The number of ether oxygens (including phenoxy) is 1. The van der Waals surface area contributed by atoms with Crippen LogP contribution >= 0.6 is 11.6 Å². The molecule has 0 unspecified atom stereocenters. The zero-order valence-corrected chi connectivity index (χ0v) is 13.8. The maximum atomic E-state index is 13.1. The summed E-state index contributed by atoms with van der Waals surface area (Å²) in [5.41, 5.74) is 3.04. The Balaban J connectivity index is 1.59. The highest BCUT2D eigenvalue weighted by Crippen LogP contribution is 2.37. The Morgan fingerprint density at radius 3 is 3.00 bits per heavy atom. The van der Waals surface area contributed by atoms with Gasteiger partial charge in [0.15, 0.2) is 0 Å². The van der Waals surface area contributed by atoms with Gasteiger partial charge >= 0.3 is 0 Å². The van der Waals surface area contributed by atoms with Crippen molar-refractivity contribution in [2.75, 3.05) is 5.32 Å². The number of benzene rings is 2. The number of amides is 1. The van der Waals surface area contributed by atoms with E-state index in [-0.39, 0.29) is 17.5 Å². The van der Waals surface area contributed by atoms with E-state index in [4.69, 9.17) is 16.3 Å².